The average Bonchev–Trinajstić information content (AvgIpc) is 2.07. The number of benzene rings is 1. The normalized spacial score (nSPS) is 11.4. The van der Waals surface area contributed by atoms with E-state index in [1.54, 1.807) is 13.0 Å². The van der Waals surface area contributed by atoms with E-state index in [9.17, 15) is 8.42 Å². The predicted octanol–water partition coefficient (Wildman–Crippen LogP) is 1.41. The van der Waals surface area contributed by atoms with Gasteiger partial charge < -0.3 is 4.74 Å². The first-order valence-corrected chi connectivity index (χ1v) is 6.07. The third-order valence-electron chi connectivity index (χ3n) is 1.75. The minimum atomic E-state index is -3.73. The van der Waals surface area contributed by atoms with Crippen LogP contribution in [-0.2, 0) is 10.0 Å². The Labute approximate surface area is 91.2 Å². The van der Waals surface area contributed by atoms with Crippen LogP contribution in [0.15, 0.2) is 21.5 Å². The van der Waals surface area contributed by atoms with Gasteiger partial charge in [-0.2, -0.15) is 0 Å². The minimum absolute atomic E-state index is 0.000648. The summed E-state index contributed by atoms with van der Waals surface area (Å²) in [7, 11) is -2.34. The molecule has 1 aromatic carbocycles. The van der Waals surface area contributed by atoms with Crippen LogP contribution in [-0.4, -0.2) is 15.5 Å². The summed E-state index contributed by atoms with van der Waals surface area (Å²) in [6, 6.07) is 3.05. The molecule has 1 aromatic rings. The van der Waals surface area contributed by atoms with Crippen LogP contribution in [0.2, 0.25) is 0 Å². The topological polar surface area (TPSA) is 69.4 Å². The van der Waals surface area contributed by atoms with Crippen LogP contribution in [0, 0.1) is 6.92 Å². The Hall–Kier alpha value is -0.590. The molecule has 1 rings (SSSR count). The number of rotatable bonds is 2. The molecule has 0 amide bonds. The van der Waals surface area contributed by atoms with Crippen molar-refractivity contribution in [3.63, 3.8) is 0 Å². The highest BCUT2D eigenvalue weighted by Gasteiger charge is 2.16. The maximum absolute atomic E-state index is 11.2. The zero-order valence-corrected chi connectivity index (χ0v) is 10.1. The quantitative estimate of drug-likeness (QED) is 0.890. The summed E-state index contributed by atoms with van der Waals surface area (Å²) >= 11 is 3.27. The Bertz CT molecular complexity index is 456. The van der Waals surface area contributed by atoms with Crippen LogP contribution in [0.5, 0.6) is 5.75 Å². The van der Waals surface area contributed by atoms with E-state index in [4.69, 9.17) is 9.88 Å². The molecule has 0 atom stereocenters. The van der Waals surface area contributed by atoms with E-state index in [2.05, 4.69) is 15.9 Å². The van der Waals surface area contributed by atoms with Crippen molar-refractivity contribution in [1.29, 1.82) is 0 Å². The molecule has 6 heteroatoms. The van der Waals surface area contributed by atoms with E-state index >= 15 is 0 Å². The largest absolute Gasteiger partial charge is 0.495 e. The summed E-state index contributed by atoms with van der Waals surface area (Å²) in [5.41, 5.74) is 0.787. The average molecular weight is 280 g/mol. The zero-order valence-electron chi connectivity index (χ0n) is 7.74. The Balaban J connectivity index is 3.51. The Morgan fingerprint density at radius 3 is 2.43 bits per heavy atom. The summed E-state index contributed by atoms with van der Waals surface area (Å²) in [5.74, 6) is 0.241. The van der Waals surface area contributed by atoms with Crippen LogP contribution in [0.4, 0.5) is 0 Å². The molecule has 0 bridgehead atoms. The monoisotopic (exact) mass is 279 g/mol. The van der Waals surface area contributed by atoms with Crippen molar-refractivity contribution in [1.82, 2.24) is 0 Å². The fourth-order valence-corrected chi connectivity index (χ4v) is 2.10. The molecule has 0 saturated carbocycles. The van der Waals surface area contributed by atoms with Gasteiger partial charge in [0.15, 0.2) is 0 Å². The van der Waals surface area contributed by atoms with Crippen LogP contribution in [0.3, 0.4) is 0 Å². The SMILES string of the molecule is COc1cc(Br)c(C)cc1S(N)(=O)=O. The van der Waals surface area contributed by atoms with Crippen molar-refractivity contribution in [2.45, 2.75) is 11.8 Å². The maximum Gasteiger partial charge on any atom is 0.241 e. The van der Waals surface area contributed by atoms with Crippen molar-refractivity contribution in [3.05, 3.63) is 22.2 Å². The van der Waals surface area contributed by atoms with Gasteiger partial charge in [0.1, 0.15) is 10.6 Å². The van der Waals surface area contributed by atoms with Gasteiger partial charge in [0, 0.05) is 4.47 Å². The molecule has 0 fully saturated rings. The Morgan fingerprint density at radius 1 is 1.43 bits per heavy atom. The van der Waals surface area contributed by atoms with Crippen LogP contribution in [0.1, 0.15) is 5.56 Å². The lowest BCUT2D eigenvalue weighted by Gasteiger charge is -2.08. The maximum atomic E-state index is 11.2. The van der Waals surface area contributed by atoms with E-state index < -0.39 is 10.0 Å². The van der Waals surface area contributed by atoms with Gasteiger partial charge in [0.05, 0.1) is 7.11 Å². The molecule has 0 unspecified atom stereocenters. The third kappa shape index (κ3) is 2.26. The van der Waals surface area contributed by atoms with Gasteiger partial charge >= 0.3 is 0 Å². The van der Waals surface area contributed by atoms with Crippen LogP contribution < -0.4 is 9.88 Å². The molecule has 0 spiro atoms. The second kappa shape index (κ2) is 3.88. The second-order valence-corrected chi connectivity index (χ2v) is 5.18. The molecule has 4 nitrogen and oxygen atoms in total. The fourth-order valence-electron chi connectivity index (χ4n) is 1.02. The highest BCUT2D eigenvalue weighted by Crippen LogP contribution is 2.29. The molecule has 0 aromatic heterocycles. The van der Waals surface area contributed by atoms with Gasteiger partial charge in [0.25, 0.3) is 0 Å². The summed E-state index contributed by atoms with van der Waals surface area (Å²) in [6.07, 6.45) is 0. The smallest absolute Gasteiger partial charge is 0.241 e. The summed E-state index contributed by atoms with van der Waals surface area (Å²) in [5, 5.41) is 5.03. The summed E-state index contributed by atoms with van der Waals surface area (Å²) in [4.78, 5) is 0.000648. The third-order valence-corrected chi connectivity index (χ3v) is 3.54. The standard InChI is InChI=1S/C8H10BrNO3S/c1-5-3-8(14(10,11)12)7(13-2)4-6(5)9/h3-4H,1-2H3,(H2,10,11,12). The highest BCUT2D eigenvalue weighted by atomic mass is 79.9. The van der Waals surface area contributed by atoms with E-state index in [1.807, 2.05) is 0 Å². The van der Waals surface area contributed by atoms with E-state index in [0.717, 1.165) is 10.0 Å². The number of hydrogen-bond donors (Lipinski definition) is 1. The highest BCUT2D eigenvalue weighted by molar-refractivity contribution is 9.10. The molecule has 0 aliphatic rings. The molecule has 14 heavy (non-hydrogen) atoms. The first kappa shape index (κ1) is 11.5. The van der Waals surface area contributed by atoms with Crippen LogP contribution in [0.25, 0.3) is 0 Å². The number of primary sulfonamides is 1. The predicted molar refractivity (Wildman–Crippen MR) is 56.8 cm³/mol. The number of hydrogen-bond acceptors (Lipinski definition) is 3. The number of nitrogens with two attached hydrogens (primary N) is 1. The lowest BCUT2D eigenvalue weighted by molar-refractivity contribution is 0.402. The van der Waals surface area contributed by atoms with Crippen molar-refractivity contribution in [2.24, 2.45) is 5.14 Å². The number of aryl methyl sites for hydroxylation is 1. The van der Waals surface area contributed by atoms with Gasteiger partial charge in [-0.05, 0) is 24.6 Å². The van der Waals surface area contributed by atoms with Crippen molar-refractivity contribution >= 4 is 26.0 Å². The molecule has 78 valence electrons. The minimum Gasteiger partial charge on any atom is -0.495 e. The van der Waals surface area contributed by atoms with E-state index in [1.165, 1.54) is 13.2 Å². The number of sulfonamides is 1. The molecule has 0 saturated heterocycles. The van der Waals surface area contributed by atoms with Gasteiger partial charge in [-0.15, -0.1) is 0 Å². The molecular weight excluding hydrogens is 270 g/mol. The van der Waals surface area contributed by atoms with E-state index in [-0.39, 0.29) is 10.6 Å². The van der Waals surface area contributed by atoms with Crippen molar-refractivity contribution < 1.29 is 13.2 Å². The molecule has 2 N–H and O–H groups in total. The number of methoxy groups -OCH3 is 1. The molecule has 0 heterocycles. The number of ether oxygens (including phenoxy) is 1. The second-order valence-electron chi connectivity index (χ2n) is 2.80. The molecular formula is C8H10BrNO3S. The zero-order chi connectivity index (χ0) is 10.9. The fraction of sp³-hybridized carbons (Fsp3) is 0.250. The van der Waals surface area contributed by atoms with Gasteiger partial charge in [-0.3, -0.25) is 0 Å². The molecule has 0 aliphatic heterocycles. The first-order chi connectivity index (χ1) is 6.36. The lowest BCUT2D eigenvalue weighted by atomic mass is 10.2. The summed E-state index contributed by atoms with van der Waals surface area (Å²) in [6.45, 7) is 1.78. The summed E-state index contributed by atoms with van der Waals surface area (Å²) < 4.78 is 28.0. The number of halogens is 1. The van der Waals surface area contributed by atoms with Crippen molar-refractivity contribution in [3.8, 4) is 5.75 Å². The van der Waals surface area contributed by atoms with Crippen molar-refractivity contribution in [2.75, 3.05) is 7.11 Å². The van der Waals surface area contributed by atoms with Crippen LogP contribution >= 0.6 is 15.9 Å². The lowest BCUT2D eigenvalue weighted by Crippen LogP contribution is -2.13. The Morgan fingerprint density at radius 2 is 2.00 bits per heavy atom. The van der Waals surface area contributed by atoms with Gasteiger partial charge in [0.2, 0.25) is 10.0 Å². The van der Waals surface area contributed by atoms with E-state index in [0.29, 0.717) is 0 Å². The van der Waals surface area contributed by atoms with Gasteiger partial charge in [-0.25, -0.2) is 13.6 Å². The Kier molecular flexibility index (Phi) is 3.18. The molecule has 0 radical (unpaired) electrons. The van der Waals surface area contributed by atoms with Gasteiger partial charge in [-0.1, -0.05) is 15.9 Å². The molecule has 0 aliphatic carbocycles. The first-order valence-electron chi connectivity index (χ1n) is 3.73.